The van der Waals surface area contributed by atoms with Crippen molar-refractivity contribution in [3.05, 3.63) is 23.8 Å². The number of aliphatic hydroxyl groups is 1. The zero-order chi connectivity index (χ0) is 11.0. The van der Waals surface area contributed by atoms with Gasteiger partial charge in [-0.3, -0.25) is 0 Å². The minimum atomic E-state index is -0.187. The first kappa shape index (κ1) is 10.9. The summed E-state index contributed by atoms with van der Waals surface area (Å²) in [4.78, 5) is 0. The van der Waals surface area contributed by atoms with E-state index in [-0.39, 0.29) is 6.10 Å². The molecule has 0 amide bonds. The lowest BCUT2D eigenvalue weighted by Crippen LogP contribution is -2.30. The van der Waals surface area contributed by atoms with Crippen molar-refractivity contribution in [2.75, 3.05) is 0 Å². The zero-order valence-electron chi connectivity index (χ0n) is 9.87. The Morgan fingerprint density at radius 3 is 2.87 bits per heavy atom. The molecule has 0 bridgehead atoms. The molecule has 1 nitrogen and oxygen atoms in total. The summed E-state index contributed by atoms with van der Waals surface area (Å²) in [5.41, 5.74) is 2.85. The van der Waals surface area contributed by atoms with E-state index in [0.29, 0.717) is 17.8 Å². The van der Waals surface area contributed by atoms with Gasteiger partial charge in [-0.2, -0.15) is 0 Å². The fourth-order valence-electron chi connectivity index (χ4n) is 3.21. The van der Waals surface area contributed by atoms with E-state index in [2.05, 4.69) is 26.5 Å². The Kier molecular flexibility index (Phi) is 3.01. The quantitative estimate of drug-likeness (QED) is 0.653. The van der Waals surface area contributed by atoms with Gasteiger partial charge in [0.25, 0.3) is 0 Å². The summed E-state index contributed by atoms with van der Waals surface area (Å²) in [6, 6.07) is 0. The Morgan fingerprint density at radius 1 is 1.47 bits per heavy atom. The topological polar surface area (TPSA) is 20.2 Å². The van der Waals surface area contributed by atoms with Gasteiger partial charge >= 0.3 is 0 Å². The van der Waals surface area contributed by atoms with E-state index in [9.17, 15) is 5.11 Å². The van der Waals surface area contributed by atoms with Crippen molar-refractivity contribution >= 4 is 0 Å². The van der Waals surface area contributed by atoms with Crippen LogP contribution in [0.3, 0.4) is 0 Å². The second-order valence-electron chi connectivity index (χ2n) is 5.45. The lowest BCUT2D eigenvalue weighted by atomic mass is 9.67. The predicted molar refractivity (Wildman–Crippen MR) is 63.5 cm³/mol. The monoisotopic (exact) mass is 206 g/mol. The van der Waals surface area contributed by atoms with Crippen LogP contribution in [0.1, 0.15) is 39.5 Å². The SMILES string of the molecule is C=C(C)C1CCC2=CC(O)CC(C)C2C1. The van der Waals surface area contributed by atoms with Gasteiger partial charge in [-0.25, -0.2) is 0 Å². The van der Waals surface area contributed by atoms with Crippen LogP contribution in [0.4, 0.5) is 0 Å². The normalized spacial score (nSPS) is 40.6. The molecule has 2 aliphatic carbocycles. The first-order valence-electron chi connectivity index (χ1n) is 6.12. The van der Waals surface area contributed by atoms with Crippen molar-refractivity contribution in [1.29, 1.82) is 0 Å². The average Bonchev–Trinajstić information content (AvgIpc) is 2.16. The first-order chi connectivity index (χ1) is 7.08. The van der Waals surface area contributed by atoms with Gasteiger partial charge in [0.05, 0.1) is 6.10 Å². The summed E-state index contributed by atoms with van der Waals surface area (Å²) in [7, 11) is 0. The Morgan fingerprint density at radius 2 is 2.20 bits per heavy atom. The van der Waals surface area contributed by atoms with Crippen LogP contribution in [0.5, 0.6) is 0 Å². The van der Waals surface area contributed by atoms with Crippen LogP contribution in [-0.2, 0) is 0 Å². The summed E-state index contributed by atoms with van der Waals surface area (Å²) in [6.45, 7) is 8.52. The number of fused-ring (bicyclic) bond motifs is 1. The molecule has 15 heavy (non-hydrogen) atoms. The van der Waals surface area contributed by atoms with Crippen molar-refractivity contribution in [3.8, 4) is 0 Å². The second-order valence-corrected chi connectivity index (χ2v) is 5.45. The molecule has 0 spiro atoms. The number of allylic oxidation sites excluding steroid dienone is 2. The van der Waals surface area contributed by atoms with Crippen LogP contribution in [0.25, 0.3) is 0 Å². The third kappa shape index (κ3) is 2.17. The highest BCUT2D eigenvalue weighted by atomic mass is 16.3. The fourth-order valence-corrected chi connectivity index (χ4v) is 3.21. The van der Waals surface area contributed by atoms with E-state index in [4.69, 9.17) is 0 Å². The molecule has 1 fully saturated rings. The number of hydrogen-bond donors (Lipinski definition) is 1. The van der Waals surface area contributed by atoms with Crippen LogP contribution < -0.4 is 0 Å². The minimum absolute atomic E-state index is 0.187. The van der Waals surface area contributed by atoms with E-state index in [1.807, 2.05) is 0 Å². The predicted octanol–water partition coefficient (Wildman–Crippen LogP) is 3.31. The standard InChI is InChI=1S/C14H22O/c1-9(2)11-4-5-12-7-13(15)6-10(3)14(12)8-11/h7,10-11,13-15H,1,4-6,8H2,2-3H3. The third-order valence-corrected chi connectivity index (χ3v) is 4.20. The maximum atomic E-state index is 9.70. The summed E-state index contributed by atoms with van der Waals surface area (Å²) in [5, 5.41) is 9.70. The largest absolute Gasteiger partial charge is 0.389 e. The van der Waals surface area contributed by atoms with Crippen molar-refractivity contribution < 1.29 is 5.11 Å². The first-order valence-corrected chi connectivity index (χ1v) is 6.12. The van der Waals surface area contributed by atoms with Gasteiger partial charge < -0.3 is 5.11 Å². The molecule has 0 aromatic carbocycles. The Hall–Kier alpha value is -0.560. The molecule has 0 saturated heterocycles. The van der Waals surface area contributed by atoms with Gasteiger partial charge in [-0.05, 0) is 50.4 Å². The fraction of sp³-hybridized carbons (Fsp3) is 0.714. The van der Waals surface area contributed by atoms with Crippen LogP contribution >= 0.6 is 0 Å². The van der Waals surface area contributed by atoms with E-state index in [1.54, 1.807) is 0 Å². The molecular weight excluding hydrogens is 184 g/mol. The van der Waals surface area contributed by atoms with Crippen LogP contribution in [0, 0.1) is 17.8 Å². The van der Waals surface area contributed by atoms with E-state index in [1.165, 1.54) is 30.4 Å². The molecule has 0 aromatic heterocycles. The molecule has 1 saturated carbocycles. The van der Waals surface area contributed by atoms with Gasteiger partial charge in [-0.1, -0.05) is 30.7 Å². The second kappa shape index (κ2) is 4.13. The van der Waals surface area contributed by atoms with Crippen LogP contribution in [-0.4, -0.2) is 11.2 Å². The highest BCUT2D eigenvalue weighted by Gasteiger charge is 2.33. The van der Waals surface area contributed by atoms with E-state index < -0.39 is 0 Å². The maximum absolute atomic E-state index is 9.70. The molecule has 0 aromatic rings. The molecular formula is C14H22O. The Labute approximate surface area is 92.9 Å². The molecule has 84 valence electrons. The van der Waals surface area contributed by atoms with Crippen molar-refractivity contribution in [3.63, 3.8) is 0 Å². The molecule has 1 N–H and O–H groups in total. The number of rotatable bonds is 1. The molecule has 4 unspecified atom stereocenters. The van der Waals surface area contributed by atoms with Gasteiger partial charge in [0.15, 0.2) is 0 Å². The summed E-state index contributed by atoms with van der Waals surface area (Å²) < 4.78 is 0. The molecule has 4 atom stereocenters. The molecule has 2 aliphatic rings. The number of hydrogen-bond acceptors (Lipinski definition) is 1. The lowest BCUT2D eigenvalue weighted by molar-refractivity contribution is 0.143. The lowest BCUT2D eigenvalue weighted by Gasteiger charge is -2.39. The van der Waals surface area contributed by atoms with E-state index >= 15 is 0 Å². The van der Waals surface area contributed by atoms with Crippen molar-refractivity contribution in [2.24, 2.45) is 17.8 Å². The van der Waals surface area contributed by atoms with Gasteiger partial charge in [0, 0.05) is 0 Å². The average molecular weight is 206 g/mol. The molecule has 0 heterocycles. The van der Waals surface area contributed by atoms with Gasteiger partial charge in [-0.15, -0.1) is 0 Å². The summed E-state index contributed by atoms with van der Waals surface area (Å²) in [6.07, 6.45) is 6.53. The molecule has 0 aliphatic heterocycles. The Bertz CT molecular complexity index is 290. The van der Waals surface area contributed by atoms with Gasteiger partial charge in [0.1, 0.15) is 0 Å². The van der Waals surface area contributed by atoms with Crippen LogP contribution in [0.15, 0.2) is 23.8 Å². The maximum Gasteiger partial charge on any atom is 0.0726 e. The van der Waals surface area contributed by atoms with Gasteiger partial charge in [0.2, 0.25) is 0 Å². The third-order valence-electron chi connectivity index (χ3n) is 4.20. The van der Waals surface area contributed by atoms with E-state index in [0.717, 1.165) is 6.42 Å². The smallest absolute Gasteiger partial charge is 0.0726 e. The summed E-state index contributed by atoms with van der Waals surface area (Å²) >= 11 is 0. The molecule has 1 heteroatoms. The summed E-state index contributed by atoms with van der Waals surface area (Å²) in [5.74, 6) is 2.07. The highest BCUT2D eigenvalue weighted by molar-refractivity contribution is 5.19. The Balaban J connectivity index is 2.13. The number of aliphatic hydroxyl groups excluding tert-OH is 1. The molecule has 0 radical (unpaired) electrons. The van der Waals surface area contributed by atoms with Crippen molar-refractivity contribution in [2.45, 2.75) is 45.6 Å². The van der Waals surface area contributed by atoms with Crippen LogP contribution in [0.2, 0.25) is 0 Å². The minimum Gasteiger partial charge on any atom is -0.389 e. The van der Waals surface area contributed by atoms with Crippen molar-refractivity contribution in [1.82, 2.24) is 0 Å². The zero-order valence-corrected chi connectivity index (χ0v) is 9.87. The molecule has 2 rings (SSSR count). The highest BCUT2D eigenvalue weighted by Crippen LogP contribution is 2.44.